The van der Waals surface area contributed by atoms with Crippen LogP contribution in [0.5, 0.6) is 0 Å². The number of halogens is 4. The number of aryl methyl sites for hydroxylation is 1. The van der Waals surface area contributed by atoms with Crippen LogP contribution in [-0.2, 0) is 17.5 Å². The molecule has 4 nitrogen and oxygen atoms in total. The lowest BCUT2D eigenvalue weighted by molar-refractivity contribution is -0.141. The molecule has 118 valence electrons. The van der Waals surface area contributed by atoms with Gasteiger partial charge in [-0.2, -0.15) is 30.9 Å². The van der Waals surface area contributed by atoms with Crippen molar-refractivity contribution in [3.63, 3.8) is 0 Å². The second kappa shape index (κ2) is 6.48. The van der Waals surface area contributed by atoms with Gasteiger partial charge in [-0.3, -0.25) is 9.48 Å². The summed E-state index contributed by atoms with van der Waals surface area (Å²) in [6, 6.07) is 0. The van der Waals surface area contributed by atoms with Crippen molar-refractivity contribution in [2.75, 3.05) is 12.3 Å². The molecule has 1 aromatic heterocycles. The molecule has 1 aromatic rings. The SMILES string of the molecule is O=C(CCn1nc(C(F)(F)F)c(Cl)c1C1CC1)NCCS. The topological polar surface area (TPSA) is 46.9 Å². The van der Waals surface area contributed by atoms with E-state index in [2.05, 4.69) is 23.0 Å². The second-order valence-corrected chi connectivity index (χ2v) is 5.69. The fourth-order valence-corrected chi connectivity index (χ4v) is 2.55. The normalized spacial score (nSPS) is 15.3. The quantitative estimate of drug-likeness (QED) is 0.782. The average molecular weight is 342 g/mol. The first-order valence-corrected chi connectivity index (χ1v) is 7.56. The summed E-state index contributed by atoms with van der Waals surface area (Å²) in [6.07, 6.45) is -2.92. The Kier molecular flexibility index (Phi) is 5.08. The van der Waals surface area contributed by atoms with Crippen molar-refractivity contribution >= 4 is 30.1 Å². The molecule has 1 fully saturated rings. The van der Waals surface area contributed by atoms with Gasteiger partial charge in [0.25, 0.3) is 0 Å². The van der Waals surface area contributed by atoms with E-state index >= 15 is 0 Å². The predicted octanol–water partition coefficient (Wildman–Crippen LogP) is 2.87. The summed E-state index contributed by atoms with van der Waals surface area (Å²) in [5, 5.41) is 5.83. The predicted molar refractivity (Wildman–Crippen MR) is 75.7 cm³/mol. The Hall–Kier alpha value is -0.890. The molecule has 1 amide bonds. The van der Waals surface area contributed by atoms with Crippen molar-refractivity contribution in [1.29, 1.82) is 0 Å². The third-order valence-electron chi connectivity index (χ3n) is 3.15. The maximum atomic E-state index is 12.8. The van der Waals surface area contributed by atoms with Gasteiger partial charge in [0, 0.05) is 24.6 Å². The smallest absolute Gasteiger partial charge is 0.355 e. The molecular formula is C12H15ClF3N3OS. The van der Waals surface area contributed by atoms with Gasteiger partial charge >= 0.3 is 6.18 Å². The zero-order chi connectivity index (χ0) is 15.6. The number of hydrogen-bond acceptors (Lipinski definition) is 3. The van der Waals surface area contributed by atoms with Gasteiger partial charge < -0.3 is 5.32 Å². The van der Waals surface area contributed by atoms with Gasteiger partial charge in [-0.25, -0.2) is 0 Å². The van der Waals surface area contributed by atoms with Crippen LogP contribution in [0.4, 0.5) is 13.2 Å². The largest absolute Gasteiger partial charge is 0.436 e. The van der Waals surface area contributed by atoms with Crippen molar-refractivity contribution in [1.82, 2.24) is 15.1 Å². The number of alkyl halides is 3. The summed E-state index contributed by atoms with van der Waals surface area (Å²) in [5.41, 5.74) is -0.673. The Bertz CT molecular complexity index is 529. The molecule has 0 unspecified atom stereocenters. The molecule has 0 aliphatic heterocycles. The molecule has 0 aromatic carbocycles. The molecule has 1 aliphatic rings. The number of carbonyl (C=O) groups excluding carboxylic acids is 1. The van der Waals surface area contributed by atoms with Gasteiger partial charge in [-0.1, -0.05) is 11.6 Å². The van der Waals surface area contributed by atoms with Crippen LogP contribution in [0.2, 0.25) is 5.02 Å². The molecule has 1 heterocycles. The number of hydrogen-bond donors (Lipinski definition) is 2. The van der Waals surface area contributed by atoms with Crippen LogP contribution in [-0.4, -0.2) is 28.0 Å². The standard InChI is InChI=1S/C12H15ClF3N3OS/c13-9-10(7-1-2-7)19(18-11(9)12(14,15)16)5-3-8(20)17-4-6-21/h7,21H,1-6H2,(H,17,20). The van der Waals surface area contributed by atoms with E-state index in [1.165, 1.54) is 4.68 Å². The molecular weight excluding hydrogens is 327 g/mol. The number of thiol groups is 1. The highest BCUT2D eigenvalue weighted by Gasteiger charge is 2.41. The third-order valence-corrected chi connectivity index (χ3v) is 3.75. The fourth-order valence-electron chi connectivity index (χ4n) is 2.04. The lowest BCUT2D eigenvalue weighted by Gasteiger charge is -2.07. The van der Waals surface area contributed by atoms with Gasteiger partial charge in [0.1, 0.15) is 0 Å². The lowest BCUT2D eigenvalue weighted by Crippen LogP contribution is -2.26. The Morgan fingerprint density at radius 3 is 2.67 bits per heavy atom. The van der Waals surface area contributed by atoms with Gasteiger partial charge in [-0.15, -0.1) is 0 Å². The number of aromatic nitrogens is 2. The molecule has 9 heteroatoms. The van der Waals surface area contributed by atoms with Gasteiger partial charge in [-0.05, 0) is 12.8 Å². The zero-order valence-electron chi connectivity index (χ0n) is 11.1. The van der Waals surface area contributed by atoms with Crippen LogP contribution in [0.1, 0.15) is 36.6 Å². The minimum absolute atomic E-state index is 0.0154. The number of nitrogens with one attached hydrogen (secondary N) is 1. The summed E-state index contributed by atoms with van der Waals surface area (Å²) >= 11 is 9.79. The maximum absolute atomic E-state index is 12.8. The van der Waals surface area contributed by atoms with E-state index in [-0.39, 0.29) is 29.8 Å². The van der Waals surface area contributed by atoms with Crippen LogP contribution in [0, 0.1) is 0 Å². The van der Waals surface area contributed by atoms with Crippen molar-refractivity contribution in [3.8, 4) is 0 Å². The van der Waals surface area contributed by atoms with Crippen molar-refractivity contribution in [2.45, 2.75) is 37.9 Å². The average Bonchev–Trinajstić information content (AvgIpc) is 3.17. The molecule has 1 saturated carbocycles. The molecule has 1 aliphatic carbocycles. The Morgan fingerprint density at radius 2 is 2.14 bits per heavy atom. The highest BCUT2D eigenvalue weighted by Crippen LogP contribution is 2.46. The first kappa shape index (κ1) is 16.5. The Labute approximate surface area is 130 Å². The molecule has 0 atom stereocenters. The Balaban J connectivity index is 2.13. The van der Waals surface area contributed by atoms with E-state index in [1.807, 2.05) is 0 Å². The fraction of sp³-hybridized carbons (Fsp3) is 0.667. The summed E-state index contributed by atoms with van der Waals surface area (Å²) in [6.45, 7) is 0.505. The first-order chi connectivity index (χ1) is 9.84. The van der Waals surface area contributed by atoms with E-state index < -0.39 is 11.9 Å². The van der Waals surface area contributed by atoms with E-state index in [9.17, 15) is 18.0 Å². The van der Waals surface area contributed by atoms with Crippen LogP contribution >= 0.6 is 24.2 Å². The molecule has 0 saturated heterocycles. The van der Waals surface area contributed by atoms with Crippen molar-refractivity contribution in [3.05, 3.63) is 16.4 Å². The van der Waals surface area contributed by atoms with E-state index in [0.717, 1.165) is 12.8 Å². The van der Waals surface area contributed by atoms with Gasteiger partial charge in [0.05, 0.1) is 17.3 Å². The monoisotopic (exact) mass is 341 g/mol. The number of carbonyl (C=O) groups is 1. The van der Waals surface area contributed by atoms with Crippen molar-refractivity contribution in [2.24, 2.45) is 0 Å². The van der Waals surface area contributed by atoms with Crippen molar-refractivity contribution < 1.29 is 18.0 Å². The highest BCUT2D eigenvalue weighted by molar-refractivity contribution is 7.80. The maximum Gasteiger partial charge on any atom is 0.436 e. The Morgan fingerprint density at radius 1 is 1.48 bits per heavy atom. The summed E-state index contributed by atoms with van der Waals surface area (Å²) in [5.74, 6) is 0.276. The second-order valence-electron chi connectivity index (χ2n) is 4.87. The van der Waals surface area contributed by atoms with E-state index in [4.69, 9.17) is 11.6 Å². The molecule has 21 heavy (non-hydrogen) atoms. The van der Waals surface area contributed by atoms with E-state index in [1.54, 1.807) is 0 Å². The molecule has 1 N–H and O–H groups in total. The number of nitrogens with zero attached hydrogens (tertiary/aromatic N) is 2. The van der Waals surface area contributed by atoms with Crippen LogP contribution in [0.3, 0.4) is 0 Å². The number of rotatable bonds is 6. The molecule has 0 bridgehead atoms. The first-order valence-electron chi connectivity index (χ1n) is 6.55. The van der Waals surface area contributed by atoms with Crippen LogP contribution < -0.4 is 5.32 Å². The zero-order valence-corrected chi connectivity index (χ0v) is 12.7. The van der Waals surface area contributed by atoms with Crippen LogP contribution in [0.25, 0.3) is 0 Å². The summed E-state index contributed by atoms with van der Waals surface area (Å²) < 4.78 is 39.8. The third kappa shape index (κ3) is 4.06. The van der Waals surface area contributed by atoms with Gasteiger partial charge in [0.2, 0.25) is 5.91 Å². The lowest BCUT2D eigenvalue weighted by atomic mass is 10.2. The molecule has 0 spiro atoms. The molecule has 0 radical (unpaired) electrons. The van der Waals surface area contributed by atoms with E-state index in [0.29, 0.717) is 18.0 Å². The van der Waals surface area contributed by atoms with Gasteiger partial charge in [0.15, 0.2) is 5.69 Å². The molecule has 2 rings (SSSR count). The minimum Gasteiger partial charge on any atom is -0.355 e. The number of amides is 1. The minimum atomic E-state index is -4.58. The summed E-state index contributed by atoms with van der Waals surface area (Å²) in [4.78, 5) is 11.5. The highest BCUT2D eigenvalue weighted by atomic mass is 35.5. The van der Waals surface area contributed by atoms with Crippen LogP contribution in [0.15, 0.2) is 0 Å². The summed E-state index contributed by atoms with van der Waals surface area (Å²) in [7, 11) is 0.